The zero-order chi connectivity index (χ0) is 13.9. The SMILES string of the molecule is Cc1cccnc1Cn1cc(-c2ccc(N)cc2)cn1. The van der Waals surface area contributed by atoms with Gasteiger partial charge in [0.2, 0.25) is 0 Å². The third-order valence-electron chi connectivity index (χ3n) is 3.31. The minimum Gasteiger partial charge on any atom is -0.399 e. The molecule has 0 atom stereocenters. The number of nitrogens with two attached hydrogens (primary N) is 1. The maximum atomic E-state index is 5.70. The van der Waals surface area contributed by atoms with E-state index >= 15 is 0 Å². The Bertz CT molecular complexity index is 713. The van der Waals surface area contributed by atoms with Crippen LogP contribution in [-0.2, 0) is 6.54 Å². The number of benzene rings is 1. The highest BCUT2D eigenvalue weighted by atomic mass is 15.3. The molecule has 0 aliphatic carbocycles. The monoisotopic (exact) mass is 264 g/mol. The lowest BCUT2D eigenvalue weighted by molar-refractivity contribution is 0.669. The molecule has 2 heterocycles. The van der Waals surface area contributed by atoms with E-state index in [1.54, 1.807) is 0 Å². The molecule has 0 spiro atoms. The van der Waals surface area contributed by atoms with Gasteiger partial charge in [-0.05, 0) is 36.2 Å². The van der Waals surface area contributed by atoms with E-state index in [0.717, 1.165) is 22.5 Å². The van der Waals surface area contributed by atoms with Gasteiger partial charge in [0.05, 0.1) is 18.4 Å². The predicted molar refractivity (Wildman–Crippen MR) is 80.2 cm³/mol. The van der Waals surface area contributed by atoms with Gasteiger partial charge < -0.3 is 5.73 Å². The molecule has 20 heavy (non-hydrogen) atoms. The summed E-state index contributed by atoms with van der Waals surface area (Å²) in [5.41, 5.74) is 10.9. The number of anilines is 1. The smallest absolute Gasteiger partial charge is 0.0834 e. The number of aromatic nitrogens is 3. The van der Waals surface area contributed by atoms with Gasteiger partial charge in [-0.15, -0.1) is 0 Å². The molecule has 0 radical (unpaired) electrons. The van der Waals surface area contributed by atoms with Gasteiger partial charge in [0.25, 0.3) is 0 Å². The molecule has 4 nitrogen and oxygen atoms in total. The first-order valence-corrected chi connectivity index (χ1v) is 6.51. The van der Waals surface area contributed by atoms with Gasteiger partial charge in [-0.25, -0.2) is 0 Å². The number of nitrogen functional groups attached to an aromatic ring is 1. The van der Waals surface area contributed by atoms with E-state index in [-0.39, 0.29) is 0 Å². The second kappa shape index (κ2) is 5.17. The van der Waals surface area contributed by atoms with E-state index in [4.69, 9.17) is 5.73 Å². The number of pyridine rings is 1. The first-order chi connectivity index (χ1) is 9.72. The number of rotatable bonds is 3. The van der Waals surface area contributed by atoms with Crippen molar-refractivity contribution in [3.8, 4) is 11.1 Å². The second-order valence-corrected chi connectivity index (χ2v) is 4.82. The highest BCUT2D eigenvalue weighted by molar-refractivity contribution is 5.63. The van der Waals surface area contributed by atoms with Gasteiger partial charge in [0, 0.05) is 23.6 Å². The normalized spacial score (nSPS) is 10.7. The van der Waals surface area contributed by atoms with Crippen molar-refractivity contribution in [3.63, 3.8) is 0 Å². The van der Waals surface area contributed by atoms with Gasteiger partial charge in [-0.2, -0.15) is 5.10 Å². The molecule has 2 N–H and O–H groups in total. The molecule has 100 valence electrons. The fourth-order valence-corrected chi connectivity index (χ4v) is 2.11. The molecule has 3 aromatic rings. The molecule has 2 aromatic heterocycles. The van der Waals surface area contributed by atoms with E-state index in [1.165, 1.54) is 5.56 Å². The molecule has 0 saturated carbocycles. The van der Waals surface area contributed by atoms with Crippen molar-refractivity contribution in [2.75, 3.05) is 5.73 Å². The van der Waals surface area contributed by atoms with Crippen LogP contribution in [0.25, 0.3) is 11.1 Å². The predicted octanol–water partition coefficient (Wildman–Crippen LogP) is 2.88. The third kappa shape index (κ3) is 2.54. The summed E-state index contributed by atoms with van der Waals surface area (Å²) < 4.78 is 1.90. The molecule has 4 heteroatoms. The lowest BCUT2D eigenvalue weighted by Gasteiger charge is -2.04. The van der Waals surface area contributed by atoms with E-state index in [9.17, 15) is 0 Å². The Morgan fingerprint density at radius 3 is 2.65 bits per heavy atom. The summed E-state index contributed by atoms with van der Waals surface area (Å²) in [5, 5.41) is 4.40. The van der Waals surface area contributed by atoms with Crippen molar-refractivity contribution in [2.45, 2.75) is 13.5 Å². The zero-order valence-corrected chi connectivity index (χ0v) is 11.3. The lowest BCUT2D eigenvalue weighted by Crippen LogP contribution is -2.03. The Hall–Kier alpha value is -2.62. The summed E-state index contributed by atoms with van der Waals surface area (Å²) in [5.74, 6) is 0. The van der Waals surface area contributed by atoms with Crippen LogP contribution in [0.4, 0.5) is 5.69 Å². The summed E-state index contributed by atoms with van der Waals surface area (Å²) in [6, 6.07) is 11.8. The average molecular weight is 264 g/mol. The van der Waals surface area contributed by atoms with Crippen LogP contribution in [0.3, 0.4) is 0 Å². The summed E-state index contributed by atoms with van der Waals surface area (Å²) in [4.78, 5) is 4.39. The van der Waals surface area contributed by atoms with Crippen molar-refractivity contribution in [1.82, 2.24) is 14.8 Å². The summed E-state index contributed by atoms with van der Waals surface area (Å²) in [7, 11) is 0. The Kier molecular flexibility index (Phi) is 3.21. The molecular formula is C16H16N4. The minimum atomic E-state index is 0.682. The molecule has 1 aromatic carbocycles. The lowest BCUT2D eigenvalue weighted by atomic mass is 10.1. The topological polar surface area (TPSA) is 56.7 Å². The Morgan fingerprint density at radius 2 is 1.90 bits per heavy atom. The van der Waals surface area contributed by atoms with Gasteiger partial charge in [0.1, 0.15) is 0 Å². The Morgan fingerprint density at radius 1 is 1.10 bits per heavy atom. The van der Waals surface area contributed by atoms with E-state index in [2.05, 4.69) is 23.1 Å². The molecule has 0 aliphatic rings. The third-order valence-corrected chi connectivity index (χ3v) is 3.31. The van der Waals surface area contributed by atoms with E-state index in [0.29, 0.717) is 6.54 Å². The largest absolute Gasteiger partial charge is 0.399 e. The van der Waals surface area contributed by atoms with Crippen LogP contribution in [0.15, 0.2) is 55.0 Å². The van der Waals surface area contributed by atoms with Crippen LogP contribution >= 0.6 is 0 Å². The highest BCUT2D eigenvalue weighted by Crippen LogP contribution is 2.20. The molecular weight excluding hydrogens is 248 g/mol. The maximum absolute atomic E-state index is 5.70. The summed E-state index contributed by atoms with van der Waals surface area (Å²) in [6.07, 6.45) is 5.70. The van der Waals surface area contributed by atoms with Gasteiger partial charge in [0.15, 0.2) is 0 Å². The van der Waals surface area contributed by atoms with Crippen molar-refractivity contribution in [3.05, 3.63) is 66.2 Å². The van der Waals surface area contributed by atoms with Gasteiger partial charge in [-0.3, -0.25) is 9.67 Å². The van der Waals surface area contributed by atoms with Crippen LogP contribution < -0.4 is 5.73 Å². The first-order valence-electron chi connectivity index (χ1n) is 6.51. The Labute approximate surface area is 117 Å². The number of hydrogen-bond donors (Lipinski definition) is 1. The van der Waals surface area contributed by atoms with E-state index in [1.807, 2.05) is 53.6 Å². The Balaban J connectivity index is 1.84. The fraction of sp³-hybridized carbons (Fsp3) is 0.125. The quantitative estimate of drug-likeness (QED) is 0.740. The maximum Gasteiger partial charge on any atom is 0.0834 e. The number of nitrogens with zero attached hydrogens (tertiary/aromatic N) is 3. The van der Waals surface area contributed by atoms with Gasteiger partial charge >= 0.3 is 0 Å². The van der Waals surface area contributed by atoms with Crippen molar-refractivity contribution >= 4 is 5.69 Å². The molecule has 0 fully saturated rings. The molecule has 0 bridgehead atoms. The van der Waals surface area contributed by atoms with Crippen molar-refractivity contribution < 1.29 is 0 Å². The van der Waals surface area contributed by atoms with Crippen LogP contribution in [0.1, 0.15) is 11.3 Å². The average Bonchev–Trinajstić information content (AvgIpc) is 2.91. The van der Waals surface area contributed by atoms with Crippen LogP contribution in [0.5, 0.6) is 0 Å². The molecule has 0 saturated heterocycles. The minimum absolute atomic E-state index is 0.682. The number of hydrogen-bond acceptors (Lipinski definition) is 3. The van der Waals surface area contributed by atoms with Gasteiger partial charge in [-0.1, -0.05) is 18.2 Å². The standard InChI is InChI=1S/C16H16N4/c1-12-3-2-8-18-16(12)11-20-10-14(9-19-20)13-4-6-15(17)7-5-13/h2-10H,11,17H2,1H3. The molecule has 0 unspecified atom stereocenters. The first kappa shape index (κ1) is 12.4. The molecule has 3 rings (SSSR count). The molecule has 0 amide bonds. The van der Waals surface area contributed by atoms with E-state index < -0.39 is 0 Å². The zero-order valence-electron chi connectivity index (χ0n) is 11.3. The fourth-order valence-electron chi connectivity index (χ4n) is 2.11. The van der Waals surface area contributed by atoms with Crippen LogP contribution in [-0.4, -0.2) is 14.8 Å². The van der Waals surface area contributed by atoms with Crippen molar-refractivity contribution in [2.24, 2.45) is 0 Å². The van der Waals surface area contributed by atoms with Crippen LogP contribution in [0.2, 0.25) is 0 Å². The highest BCUT2D eigenvalue weighted by Gasteiger charge is 2.04. The van der Waals surface area contributed by atoms with Crippen molar-refractivity contribution in [1.29, 1.82) is 0 Å². The van der Waals surface area contributed by atoms with Crippen LogP contribution in [0, 0.1) is 6.92 Å². The summed E-state index contributed by atoms with van der Waals surface area (Å²) >= 11 is 0. The second-order valence-electron chi connectivity index (χ2n) is 4.82. The molecule has 0 aliphatic heterocycles. The summed E-state index contributed by atoms with van der Waals surface area (Å²) in [6.45, 7) is 2.74. The number of aryl methyl sites for hydroxylation is 1.